The van der Waals surface area contributed by atoms with Crippen molar-refractivity contribution in [2.24, 2.45) is 5.41 Å². The van der Waals surface area contributed by atoms with Crippen LogP contribution in [0.15, 0.2) is 40.4 Å². The zero-order valence-electron chi connectivity index (χ0n) is 13.7. The van der Waals surface area contributed by atoms with Gasteiger partial charge in [0, 0.05) is 23.1 Å². The van der Waals surface area contributed by atoms with E-state index in [1.54, 1.807) is 4.90 Å². The van der Waals surface area contributed by atoms with Gasteiger partial charge < -0.3 is 9.64 Å². The molecule has 0 bridgehead atoms. The van der Waals surface area contributed by atoms with E-state index in [0.29, 0.717) is 19.7 Å². The zero-order valence-corrected chi connectivity index (χ0v) is 15.3. The Hall–Kier alpha value is -1.62. The van der Waals surface area contributed by atoms with Gasteiger partial charge in [-0.15, -0.1) is 0 Å². The Morgan fingerprint density at radius 3 is 2.58 bits per heavy atom. The number of likely N-dealkylation sites (tertiary alicyclic amines) is 1. The molecule has 1 aromatic carbocycles. The monoisotopic (exact) mass is 391 g/mol. The normalized spacial score (nSPS) is 20.1. The summed E-state index contributed by atoms with van der Waals surface area (Å²) in [6, 6.07) is 9.72. The summed E-state index contributed by atoms with van der Waals surface area (Å²) >= 11 is 3.51. The summed E-state index contributed by atoms with van der Waals surface area (Å²) in [6.07, 6.45) is 5.44. The maximum Gasteiger partial charge on any atom is 0.410 e. The molecule has 1 aliphatic heterocycles. The highest BCUT2D eigenvalue weighted by Gasteiger charge is 2.39. The fourth-order valence-corrected chi connectivity index (χ4v) is 4.06. The van der Waals surface area contributed by atoms with Gasteiger partial charge in [-0.3, -0.25) is 4.79 Å². The minimum atomic E-state index is -0.239. The summed E-state index contributed by atoms with van der Waals surface area (Å²) in [5, 5.41) is 0. The molecule has 0 saturated carbocycles. The maximum atomic E-state index is 12.2. The molecule has 1 fully saturated rings. The molecule has 3 rings (SSSR count). The Kier molecular flexibility index (Phi) is 5.39. The Morgan fingerprint density at radius 1 is 1.21 bits per heavy atom. The average Bonchev–Trinajstić information content (AvgIpc) is 2.63. The van der Waals surface area contributed by atoms with E-state index in [4.69, 9.17) is 4.74 Å². The SMILES string of the molecule is O=CC1=C(Br)CCC2(CCN(C(=O)OCc3ccccc3)CC2)C1. The summed E-state index contributed by atoms with van der Waals surface area (Å²) < 4.78 is 6.47. The first kappa shape index (κ1) is 17.2. The van der Waals surface area contributed by atoms with Gasteiger partial charge in [0.05, 0.1) is 0 Å². The third-order valence-corrected chi connectivity index (χ3v) is 6.12. The predicted octanol–water partition coefficient (Wildman–Crippen LogP) is 4.44. The van der Waals surface area contributed by atoms with E-state index >= 15 is 0 Å². The summed E-state index contributed by atoms with van der Waals surface area (Å²) in [6.45, 7) is 1.72. The van der Waals surface area contributed by atoms with Gasteiger partial charge in [0.1, 0.15) is 12.9 Å². The number of benzene rings is 1. The van der Waals surface area contributed by atoms with Crippen molar-refractivity contribution < 1.29 is 14.3 Å². The number of allylic oxidation sites excluding steroid dienone is 2. The third-order valence-electron chi connectivity index (χ3n) is 5.22. The Balaban J connectivity index is 1.52. The number of carbonyl (C=O) groups excluding carboxylic acids is 2. The first-order valence-corrected chi connectivity index (χ1v) is 9.19. The van der Waals surface area contributed by atoms with E-state index in [1.807, 2.05) is 30.3 Å². The predicted molar refractivity (Wildman–Crippen MR) is 95.7 cm³/mol. The molecule has 1 amide bonds. The van der Waals surface area contributed by atoms with Gasteiger partial charge >= 0.3 is 6.09 Å². The van der Waals surface area contributed by atoms with Crippen LogP contribution in [0.5, 0.6) is 0 Å². The van der Waals surface area contributed by atoms with Gasteiger partial charge in [-0.25, -0.2) is 4.79 Å². The Bertz CT molecular complexity index is 633. The molecule has 0 radical (unpaired) electrons. The minimum absolute atomic E-state index is 0.170. The summed E-state index contributed by atoms with van der Waals surface area (Å²) in [7, 11) is 0. The van der Waals surface area contributed by atoms with Crippen molar-refractivity contribution in [3.05, 3.63) is 46.0 Å². The smallest absolute Gasteiger partial charge is 0.410 e. The van der Waals surface area contributed by atoms with Crippen LogP contribution in [0, 0.1) is 5.41 Å². The number of carbonyl (C=O) groups is 2. The Morgan fingerprint density at radius 2 is 1.92 bits per heavy atom. The molecule has 0 N–H and O–H groups in total. The molecule has 4 nitrogen and oxygen atoms in total. The van der Waals surface area contributed by atoms with E-state index in [1.165, 1.54) is 0 Å². The lowest BCUT2D eigenvalue weighted by atomic mass is 9.68. The van der Waals surface area contributed by atoms with Crippen LogP contribution >= 0.6 is 15.9 Å². The molecule has 0 unspecified atom stereocenters. The van der Waals surface area contributed by atoms with Crippen molar-refractivity contribution in [2.45, 2.75) is 38.7 Å². The molecule has 1 aromatic rings. The van der Waals surface area contributed by atoms with Crippen molar-refractivity contribution in [3.8, 4) is 0 Å². The summed E-state index contributed by atoms with van der Waals surface area (Å²) in [5.41, 5.74) is 2.06. The number of aldehydes is 1. The highest BCUT2D eigenvalue weighted by molar-refractivity contribution is 9.11. The molecule has 1 spiro atoms. The van der Waals surface area contributed by atoms with Crippen LogP contribution in [-0.2, 0) is 16.1 Å². The van der Waals surface area contributed by atoms with Crippen LogP contribution in [0.3, 0.4) is 0 Å². The van der Waals surface area contributed by atoms with Crippen molar-refractivity contribution in [2.75, 3.05) is 13.1 Å². The molecule has 0 aromatic heterocycles. The summed E-state index contributed by atoms with van der Waals surface area (Å²) in [5.74, 6) is 0. The molecule has 5 heteroatoms. The van der Waals surface area contributed by atoms with Crippen LogP contribution in [0.25, 0.3) is 0 Å². The number of hydrogen-bond donors (Lipinski definition) is 0. The van der Waals surface area contributed by atoms with E-state index < -0.39 is 0 Å². The van der Waals surface area contributed by atoms with Crippen LogP contribution in [-0.4, -0.2) is 30.4 Å². The van der Waals surface area contributed by atoms with Crippen LogP contribution in [0.4, 0.5) is 4.79 Å². The van der Waals surface area contributed by atoms with Crippen molar-refractivity contribution >= 4 is 28.3 Å². The molecule has 24 heavy (non-hydrogen) atoms. The van der Waals surface area contributed by atoms with Crippen molar-refractivity contribution in [3.63, 3.8) is 0 Å². The molecule has 1 aliphatic carbocycles. The number of ether oxygens (including phenoxy) is 1. The van der Waals surface area contributed by atoms with Gasteiger partial charge in [0.2, 0.25) is 0 Å². The second kappa shape index (κ2) is 7.51. The molecule has 1 saturated heterocycles. The minimum Gasteiger partial charge on any atom is -0.445 e. The number of rotatable bonds is 3. The largest absolute Gasteiger partial charge is 0.445 e. The average molecular weight is 392 g/mol. The van der Waals surface area contributed by atoms with Crippen LogP contribution < -0.4 is 0 Å². The summed E-state index contributed by atoms with van der Waals surface area (Å²) in [4.78, 5) is 25.3. The van der Waals surface area contributed by atoms with E-state index in [-0.39, 0.29) is 11.5 Å². The fourth-order valence-electron chi connectivity index (χ4n) is 3.63. The molecule has 128 valence electrons. The zero-order chi connectivity index (χ0) is 17.0. The first-order valence-electron chi connectivity index (χ1n) is 8.40. The van der Waals surface area contributed by atoms with E-state index in [2.05, 4.69) is 15.9 Å². The Labute approximate surface area is 151 Å². The lowest BCUT2D eigenvalue weighted by Crippen LogP contribution is -2.44. The lowest BCUT2D eigenvalue weighted by Gasteiger charge is -2.43. The van der Waals surface area contributed by atoms with Gasteiger partial charge in [0.15, 0.2) is 0 Å². The third kappa shape index (κ3) is 3.89. The first-order chi connectivity index (χ1) is 11.6. The second-order valence-corrected chi connectivity index (χ2v) is 7.71. The van der Waals surface area contributed by atoms with Gasteiger partial charge in [-0.2, -0.15) is 0 Å². The maximum absolute atomic E-state index is 12.2. The molecule has 2 aliphatic rings. The number of amides is 1. The van der Waals surface area contributed by atoms with E-state index in [0.717, 1.165) is 54.0 Å². The highest BCUT2D eigenvalue weighted by atomic mass is 79.9. The van der Waals surface area contributed by atoms with Gasteiger partial charge in [-0.05, 0) is 43.1 Å². The number of hydrogen-bond acceptors (Lipinski definition) is 3. The fraction of sp³-hybridized carbons (Fsp3) is 0.474. The van der Waals surface area contributed by atoms with Crippen LogP contribution in [0.2, 0.25) is 0 Å². The van der Waals surface area contributed by atoms with Crippen LogP contribution in [0.1, 0.15) is 37.7 Å². The molecule has 1 heterocycles. The molecular formula is C19H22BrNO3. The molecular weight excluding hydrogens is 370 g/mol. The van der Waals surface area contributed by atoms with Crippen molar-refractivity contribution in [1.29, 1.82) is 0 Å². The quantitative estimate of drug-likeness (QED) is 0.715. The van der Waals surface area contributed by atoms with Gasteiger partial charge in [-0.1, -0.05) is 46.3 Å². The molecule has 0 atom stereocenters. The van der Waals surface area contributed by atoms with Gasteiger partial charge in [0.25, 0.3) is 0 Å². The van der Waals surface area contributed by atoms with E-state index in [9.17, 15) is 9.59 Å². The lowest BCUT2D eigenvalue weighted by molar-refractivity contribution is -0.105. The standard InChI is InChI=1S/C19H22BrNO3/c20-17-6-7-19(12-16(17)13-22)8-10-21(11-9-19)18(23)24-14-15-4-2-1-3-5-15/h1-5,13H,6-12,14H2. The number of piperidine rings is 1. The topological polar surface area (TPSA) is 46.6 Å². The van der Waals surface area contributed by atoms with Crippen molar-refractivity contribution in [1.82, 2.24) is 4.90 Å². The highest BCUT2D eigenvalue weighted by Crippen LogP contribution is 2.47. The number of halogens is 1. The second-order valence-electron chi connectivity index (χ2n) is 6.75. The number of nitrogens with zero attached hydrogens (tertiary/aromatic N) is 1.